The van der Waals surface area contributed by atoms with Crippen molar-refractivity contribution in [1.82, 2.24) is 14.3 Å². The number of nitrogens with one attached hydrogen (secondary N) is 1. The van der Waals surface area contributed by atoms with Crippen LogP contribution in [0.3, 0.4) is 0 Å². The number of amides is 1. The lowest BCUT2D eigenvalue weighted by molar-refractivity contribution is -0.147. The summed E-state index contributed by atoms with van der Waals surface area (Å²) in [6, 6.07) is 6.43. The first-order valence-corrected chi connectivity index (χ1v) is 14.8. The first kappa shape index (κ1) is 29.8. The predicted octanol–water partition coefficient (Wildman–Crippen LogP) is 5.32. The summed E-state index contributed by atoms with van der Waals surface area (Å²) in [7, 11) is -6.10. The van der Waals surface area contributed by atoms with Crippen LogP contribution in [0.1, 0.15) is 58.0 Å². The third-order valence-corrected chi connectivity index (χ3v) is 11.3. The fourth-order valence-corrected chi connectivity index (χ4v) is 10.1. The van der Waals surface area contributed by atoms with E-state index in [4.69, 9.17) is 0 Å². The highest BCUT2D eigenvalue weighted by atomic mass is 32.3. The van der Waals surface area contributed by atoms with Gasteiger partial charge in [0.1, 0.15) is 4.24 Å². The third-order valence-electron chi connectivity index (χ3n) is 5.78. The minimum absolute atomic E-state index is 0.0770. The van der Waals surface area contributed by atoms with Crippen LogP contribution in [-0.4, -0.2) is 45.6 Å². The van der Waals surface area contributed by atoms with Crippen molar-refractivity contribution in [2.45, 2.75) is 59.4 Å². The number of imidazole rings is 1. The van der Waals surface area contributed by atoms with Crippen molar-refractivity contribution in [3.05, 3.63) is 68.3 Å². The summed E-state index contributed by atoms with van der Waals surface area (Å²) in [5.41, 5.74) is 0.849. The molecule has 13 heteroatoms. The zero-order valence-corrected chi connectivity index (χ0v) is 23.4. The molecule has 1 amide bonds. The Morgan fingerprint density at radius 3 is 2.29 bits per heavy atom. The normalized spacial score (nSPS) is 18.0. The lowest BCUT2D eigenvalue weighted by Gasteiger charge is -2.30. The van der Waals surface area contributed by atoms with E-state index in [1.165, 1.54) is 6.20 Å². The average Bonchev–Trinajstić information content (AvgIpc) is 3.31. The molecule has 0 spiro atoms. The number of aliphatic hydroxyl groups is 1. The lowest BCUT2D eigenvalue weighted by atomic mass is 9.97. The lowest BCUT2D eigenvalue weighted by Crippen LogP contribution is -2.32. The van der Waals surface area contributed by atoms with Crippen LogP contribution in [-0.2, 0) is 22.7 Å². The van der Waals surface area contributed by atoms with E-state index in [0.717, 1.165) is 15.7 Å². The quantitative estimate of drug-likeness (QED) is 0.300. The third kappa shape index (κ3) is 6.80. The second-order valence-electron chi connectivity index (χ2n) is 10.2. The summed E-state index contributed by atoms with van der Waals surface area (Å²) in [6.07, 6.45) is -3.47. The van der Waals surface area contributed by atoms with Crippen molar-refractivity contribution in [2.24, 2.45) is 5.92 Å². The fourth-order valence-electron chi connectivity index (χ4n) is 4.42. The SMILES string of the molecule is CC1=C(CC(C)C)[SH](CC(C)(C)O)C(S(=O)(=O)NC(=O)O)=C1c1ccc(Cn2ccnc2C(F)(F)F)cc1. The number of benzene rings is 1. The summed E-state index contributed by atoms with van der Waals surface area (Å²) < 4.78 is 68.9. The van der Waals surface area contributed by atoms with Crippen molar-refractivity contribution in [1.29, 1.82) is 0 Å². The summed E-state index contributed by atoms with van der Waals surface area (Å²) in [4.78, 5) is 15.6. The van der Waals surface area contributed by atoms with E-state index >= 15 is 0 Å². The molecule has 0 saturated carbocycles. The molecular weight excluding hydrogens is 543 g/mol. The number of allylic oxidation sites excluding steroid dienone is 3. The Kier molecular flexibility index (Phi) is 8.44. The van der Waals surface area contributed by atoms with Gasteiger partial charge in [-0.25, -0.2) is 22.9 Å². The number of alkyl halides is 3. The maximum atomic E-state index is 13.4. The second kappa shape index (κ2) is 10.8. The number of sulfonamides is 1. The molecule has 1 aliphatic heterocycles. The van der Waals surface area contributed by atoms with Crippen LogP contribution < -0.4 is 4.72 Å². The van der Waals surface area contributed by atoms with Crippen LogP contribution in [0.4, 0.5) is 18.0 Å². The number of carboxylic acid groups (broad SMARTS) is 1. The number of aromatic nitrogens is 2. The van der Waals surface area contributed by atoms with Crippen molar-refractivity contribution < 1.29 is 36.6 Å². The standard InChI is InChI=1S/C25H32F3N3O5S2/c1-15(2)12-19-16(3)20(21(37(19)14-24(4,5)34)38(35,36)30-23(32)33)18-8-6-17(7-9-18)13-31-11-10-29-22(31)25(26,27)28/h6-11,15,30,34,37H,12-14H2,1-5H3,(H,32,33). The Morgan fingerprint density at radius 2 is 1.79 bits per heavy atom. The number of nitrogens with zero attached hydrogens (tertiary/aromatic N) is 2. The number of rotatable bonds is 9. The van der Waals surface area contributed by atoms with E-state index in [0.29, 0.717) is 28.7 Å². The summed E-state index contributed by atoms with van der Waals surface area (Å²) in [6.45, 7) is 8.80. The highest BCUT2D eigenvalue weighted by molar-refractivity contribution is 8.32. The number of hydrogen-bond acceptors (Lipinski definition) is 5. The maximum Gasteiger partial charge on any atom is 0.449 e. The molecule has 8 nitrogen and oxygen atoms in total. The Labute approximate surface area is 222 Å². The van der Waals surface area contributed by atoms with Crippen molar-refractivity contribution in [3.63, 3.8) is 0 Å². The Hall–Kier alpha value is -2.77. The van der Waals surface area contributed by atoms with E-state index in [9.17, 15) is 36.6 Å². The second-order valence-corrected chi connectivity index (χ2v) is 14.3. The van der Waals surface area contributed by atoms with Crippen LogP contribution in [0, 0.1) is 5.92 Å². The van der Waals surface area contributed by atoms with Crippen molar-refractivity contribution in [2.75, 3.05) is 5.75 Å². The van der Waals surface area contributed by atoms with Gasteiger partial charge in [0.25, 0.3) is 10.0 Å². The van der Waals surface area contributed by atoms with E-state index < -0.39 is 44.6 Å². The van der Waals surface area contributed by atoms with E-state index in [1.807, 2.05) is 13.8 Å². The summed E-state index contributed by atoms with van der Waals surface area (Å²) in [5, 5.41) is 19.9. The molecule has 3 rings (SSSR count). The molecular formula is C25H32F3N3O5S2. The molecule has 38 heavy (non-hydrogen) atoms. The topological polar surface area (TPSA) is 122 Å². The number of carbonyl (C=O) groups is 1. The Morgan fingerprint density at radius 1 is 1.18 bits per heavy atom. The van der Waals surface area contributed by atoms with Crippen LogP contribution in [0.5, 0.6) is 0 Å². The monoisotopic (exact) mass is 575 g/mol. The summed E-state index contributed by atoms with van der Waals surface area (Å²) >= 11 is 0. The predicted molar refractivity (Wildman–Crippen MR) is 142 cm³/mol. The molecule has 3 N–H and O–H groups in total. The average molecular weight is 576 g/mol. The first-order chi connectivity index (χ1) is 17.4. The molecule has 0 fully saturated rings. The Bertz CT molecular complexity index is 1370. The van der Waals surface area contributed by atoms with Crippen LogP contribution >= 0.6 is 10.9 Å². The van der Waals surface area contributed by atoms with Crippen molar-refractivity contribution in [3.8, 4) is 0 Å². The molecule has 1 atom stereocenters. The van der Waals surface area contributed by atoms with Gasteiger partial charge in [0, 0.05) is 30.3 Å². The maximum absolute atomic E-state index is 13.4. The van der Waals surface area contributed by atoms with Crippen molar-refractivity contribution >= 4 is 32.6 Å². The minimum atomic E-state index is -4.61. The molecule has 2 aromatic rings. The molecule has 1 aliphatic rings. The smallest absolute Gasteiger partial charge is 0.449 e. The molecule has 1 aromatic heterocycles. The van der Waals surface area contributed by atoms with Crippen LogP contribution in [0.25, 0.3) is 5.57 Å². The summed E-state index contributed by atoms with van der Waals surface area (Å²) in [5.74, 6) is -0.745. The zero-order chi connectivity index (χ0) is 28.6. The molecule has 0 bridgehead atoms. The molecule has 0 saturated heterocycles. The van der Waals surface area contributed by atoms with Crippen LogP contribution in [0.2, 0.25) is 0 Å². The molecule has 2 heterocycles. The van der Waals surface area contributed by atoms with E-state index in [2.05, 4.69) is 4.98 Å². The van der Waals surface area contributed by atoms with Crippen LogP contribution in [0.15, 0.2) is 51.4 Å². The molecule has 0 radical (unpaired) electrons. The van der Waals surface area contributed by atoms with Gasteiger partial charge < -0.3 is 14.8 Å². The van der Waals surface area contributed by atoms with Gasteiger partial charge in [-0.05, 0) is 54.7 Å². The Balaban J connectivity index is 2.14. The molecule has 210 valence electrons. The van der Waals surface area contributed by atoms with Gasteiger partial charge in [0.2, 0.25) is 5.82 Å². The van der Waals surface area contributed by atoms with Gasteiger partial charge in [-0.1, -0.05) is 38.1 Å². The molecule has 1 unspecified atom stereocenters. The largest absolute Gasteiger partial charge is 0.464 e. The zero-order valence-electron chi connectivity index (χ0n) is 21.7. The van der Waals surface area contributed by atoms with Gasteiger partial charge in [-0.2, -0.15) is 24.1 Å². The molecule has 0 aliphatic carbocycles. The fraction of sp³-hybridized carbons (Fsp3) is 0.440. The highest BCUT2D eigenvalue weighted by Crippen LogP contribution is 2.60. The van der Waals surface area contributed by atoms with Gasteiger partial charge in [0.15, 0.2) is 0 Å². The number of halogens is 3. The van der Waals surface area contributed by atoms with Gasteiger partial charge >= 0.3 is 12.3 Å². The number of thiol groups is 1. The van der Waals surface area contributed by atoms with E-state index in [-0.39, 0.29) is 22.5 Å². The molecule has 1 aromatic carbocycles. The highest BCUT2D eigenvalue weighted by Gasteiger charge is 2.40. The van der Waals surface area contributed by atoms with Gasteiger partial charge in [0.05, 0.1) is 5.60 Å². The van der Waals surface area contributed by atoms with E-state index in [1.54, 1.807) is 49.8 Å². The number of hydrogen-bond donors (Lipinski definition) is 4. The van der Waals surface area contributed by atoms with Gasteiger partial charge in [-0.15, -0.1) is 0 Å². The first-order valence-electron chi connectivity index (χ1n) is 11.8. The van der Waals surface area contributed by atoms with Gasteiger partial charge in [-0.3, -0.25) is 0 Å². The minimum Gasteiger partial charge on any atom is -0.464 e.